The summed E-state index contributed by atoms with van der Waals surface area (Å²) in [6, 6.07) is 12.0. The van der Waals surface area contributed by atoms with Gasteiger partial charge in [-0.05, 0) is 46.6 Å². The fraction of sp³-hybridized carbons (Fsp3) is 0.0833. The van der Waals surface area contributed by atoms with E-state index in [2.05, 4.69) is 39.2 Å². The van der Waals surface area contributed by atoms with Gasteiger partial charge in [-0.25, -0.2) is 4.98 Å². The molecule has 1 N–H and O–H groups in total. The van der Waals surface area contributed by atoms with E-state index in [4.69, 9.17) is 0 Å². The van der Waals surface area contributed by atoms with Gasteiger partial charge in [0.1, 0.15) is 5.82 Å². The Balaban J connectivity index is 2.22. The van der Waals surface area contributed by atoms with Gasteiger partial charge in [-0.1, -0.05) is 18.2 Å². The molecule has 0 unspecified atom stereocenters. The summed E-state index contributed by atoms with van der Waals surface area (Å²) in [6.45, 7) is 2.07. The molecule has 15 heavy (non-hydrogen) atoms. The lowest BCUT2D eigenvalue weighted by atomic mass is 10.2. The lowest BCUT2D eigenvalue weighted by Gasteiger charge is -2.07. The number of anilines is 2. The van der Waals surface area contributed by atoms with Crippen molar-refractivity contribution in [2.24, 2.45) is 0 Å². The average molecular weight is 263 g/mol. The predicted octanol–water partition coefficient (Wildman–Crippen LogP) is 3.90. The summed E-state index contributed by atoms with van der Waals surface area (Å²) in [5.74, 6) is 0.854. The number of halogens is 1. The standard InChI is InChI=1S/C12H11BrN2/c1-9-4-2-3-5-11(9)15-12-7-6-10(13)8-14-12/h2-8H,1H3,(H,14,15). The monoisotopic (exact) mass is 262 g/mol. The summed E-state index contributed by atoms with van der Waals surface area (Å²) in [4.78, 5) is 4.26. The lowest BCUT2D eigenvalue weighted by Crippen LogP contribution is -1.94. The smallest absolute Gasteiger partial charge is 0.130 e. The second kappa shape index (κ2) is 4.45. The van der Waals surface area contributed by atoms with Gasteiger partial charge in [0.2, 0.25) is 0 Å². The van der Waals surface area contributed by atoms with Crippen molar-refractivity contribution in [1.82, 2.24) is 4.98 Å². The molecule has 0 aliphatic heterocycles. The molecule has 0 saturated carbocycles. The van der Waals surface area contributed by atoms with E-state index in [1.807, 2.05) is 30.3 Å². The van der Waals surface area contributed by atoms with Crippen LogP contribution in [-0.4, -0.2) is 4.98 Å². The van der Waals surface area contributed by atoms with E-state index in [1.54, 1.807) is 6.20 Å². The summed E-state index contributed by atoms with van der Waals surface area (Å²) in [5.41, 5.74) is 2.30. The van der Waals surface area contributed by atoms with Gasteiger partial charge in [0.25, 0.3) is 0 Å². The van der Waals surface area contributed by atoms with E-state index in [1.165, 1.54) is 5.56 Å². The largest absolute Gasteiger partial charge is 0.340 e. The predicted molar refractivity (Wildman–Crippen MR) is 66.4 cm³/mol. The second-order valence-electron chi connectivity index (χ2n) is 3.30. The molecule has 0 fully saturated rings. The molecule has 2 rings (SSSR count). The van der Waals surface area contributed by atoms with Crippen LogP contribution in [0.4, 0.5) is 11.5 Å². The van der Waals surface area contributed by atoms with Crippen LogP contribution >= 0.6 is 15.9 Å². The van der Waals surface area contributed by atoms with Crippen molar-refractivity contribution in [3.8, 4) is 0 Å². The second-order valence-corrected chi connectivity index (χ2v) is 4.22. The summed E-state index contributed by atoms with van der Waals surface area (Å²) in [6.07, 6.45) is 1.78. The van der Waals surface area contributed by atoms with Crippen LogP contribution in [0.3, 0.4) is 0 Å². The number of rotatable bonds is 2. The minimum atomic E-state index is 0.854. The van der Waals surface area contributed by atoms with E-state index in [-0.39, 0.29) is 0 Å². The molecule has 1 aromatic heterocycles. The van der Waals surface area contributed by atoms with Crippen LogP contribution in [0.25, 0.3) is 0 Å². The molecule has 0 amide bonds. The first-order chi connectivity index (χ1) is 7.25. The maximum Gasteiger partial charge on any atom is 0.130 e. The first-order valence-corrected chi connectivity index (χ1v) is 5.49. The summed E-state index contributed by atoms with van der Waals surface area (Å²) >= 11 is 3.36. The summed E-state index contributed by atoms with van der Waals surface area (Å²) in [7, 11) is 0. The lowest BCUT2D eigenvalue weighted by molar-refractivity contribution is 1.28. The molecule has 0 spiro atoms. The van der Waals surface area contributed by atoms with Crippen LogP contribution in [0, 0.1) is 6.92 Å². The molecule has 0 radical (unpaired) electrons. The highest BCUT2D eigenvalue weighted by Gasteiger charge is 1.98. The van der Waals surface area contributed by atoms with Crippen LogP contribution in [0.2, 0.25) is 0 Å². The van der Waals surface area contributed by atoms with Gasteiger partial charge < -0.3 is 5.32 Å². The molecule has 0 aliphatic carbocycles. The number of aromatic nitrogens is 1. The molecule has 1 heterocycles. The third-order valence-corrected chi connectivity index (χ3v) is 2.60. The molecule has 2 nitrogen and oxygen atoms in total. The number of pyridine rings is 1. The number of nitrogens with zero attached hydrogens (tertiary/aromatic N) is 1. The molecule has 0 aliphatic rings. The van der Waals surface area contributed by atoms with E-state index in [9.17, 15) is 0 Å². The number of para-hydroxylation sites is 1. The van der Waals surface area contributed by atoms with E-state index in [0.717, 1.165) is 16.0 Å². The van der Waals surface area contributed by atoms with Crippen molar-refractivity contribution in [1.29, 1.82) is 0 Å². The topological polar surface area (TPSA) is 24.9 Å². The minimum Gasteiger partial charge on any atom is -0.340 e. The van der Waals surface area contributed by atoms with Crippen molar-refractivity contribution >= 4 is 27.4 Å². The molecular weight excluding hydrogens is 252 g/mol. The highest BCUT2D eigenvalue weighted by molar-refractivity contribution is 9.10. The molecular formula is C12H11BrN2. The van der Waals surface area contributed by atoms with Crippen molar-refractivity contribution in [3.05, 3.63) is 52.6 Å². The number of aryl methyl sites for hydroxylation is 1. The SMILES string of the molecule is Cc1ccccc1Nc1ccc(Br)cn1. The van der Waals surface area contributed by atoms with Crippen molar-refractivity contribution in [3.63, 3.8) is 0 Å². The first kappa shape index (κ1) is 10.2. The fourth-order valence-corrected chi connectivity index (χ4v) is 1.54. The molecule has 0 bridgehead atoms. The van der Waals surface area contributed by atoms with E-state index in [0.29, 0.717) is 0 Å². The minimum absolute atomic E-state index is 0.854. The van der Waals surface area contributed by atoms with Crippen molar-refractivity contribution < 1.29 is 0 Å². The third kappa shape index (κ3) is 2.57. The van der Waals surface area contributed by atoms with E-state index < -0.39 is 0 Å². The Labute approximate surface area is 97.5 Å². The van der Waals surface area contributed by atoms with Gasteiger partial charge in [0, 0.05) is 16.4 Å². The van der Waals surface area contributed by atoms with Crippen molar-refractivity contribution in [2.75, 3.05) is 5.32 Å². The molecule has 76 valence electrons. The Bertz CT molecular complexity index is 451. The summed E-state index contributed by atoms with van der Waals surface area (Å²) < 4.78 is 0.984. The zero-order valence-electron chi connectivity index (χ0n) is 8.37. The van der Waals surface area contributed by atoms with Crippen LogP contribution < -0.4 is 5.32 Å². The highest BCUT2D eigenvalue weighted by atomic mass is 79.9. The molecule has 0 saturated heterocycles. The third-order valence-electron chi connectivity index (χ3n) is 2.14. The highest BCUT2D eigenvalue weighted by Crippen LogP contribution is 2.19. The number of hydrogen-bond donors (Lipinski definition) is 1. The van der Waals surface area contributed by atoms with Crippen LogP contribution in [0.15, 0.2) is 47.1 Å². The van der Waals surface area contributed by atoms with Crippen LogP contribution in [0.5, 0.6) is 0 Å². The Hall–Kier alpha value is -1.35. The van der Waals surface area contributed by atoms with Crippen LogP contribution in [-0.2, 0) is 0 Å². The number of nitrogens with one attached hydrogen (secondary N) is 1. The Kier molecular flexibility index (Phi) is 3.02. The number of hydrogen-bond acceptors (Lipinski definition) is 2. The maximum absolute atomic E-state index is 4.26. The zero-order chi connectivity index (χ0) is 10.7. The maximum atomic E-state index is 4.26. The normalized spacial score (nSPS) is 10.0. The van der Waals surface area contributed by atoms with Gasteiger partial charge in [-0.2, -0.15) is 0 Å². The summed E-state index contributed by atoms with van der Waals surface area (Å²) in [5, 5.41) is 3.27. The fourth-order valence-electron chi connectivity index (χ4n) is 1.30. The Morgan fingerprint density at radius 2 is 1.93 bits per heavy atom. The van der Waals surface area contributed by atoms with Gasteiger partial charge in [0.15, 0.2) is 0 Å². The van der Waals surface area contributed by atoms with Gasteiger partial charge >= 0.3 is 0 Å². The zero-order valence-corrected chi connectivity index (χ0v) is 9.95. The average Bonchev–Trinajstić information content (AvgIpc) is 2.25. The van der Waals surface area contributed by atoms with E-state index >= 15 is 0 Å². The molecule has 1 aromatic carbocycles. The van der Waals surface area contributed by atoms with Gasteiger partial charge in [-0.15, -0.1) is 0 Å². The van der Waals surface area contributed by atoms with Crippen LogP contribution in [0.1, 0.15) is 5.56 Å². The molecule has 2 aromatic rings. The molecule has 0 atom stereocenters. The first-order valence-electron chi connectivity index (χ1n) is 4.70. The van der Waals surface area contributed by atoms with Gasteiger partial charge in [0.05, 0.1) is 0 Å². The molecule has 3 heteroatoms. The van der Waals surface area contributed by atoms with Gasteiger partial charge in [-0.3, -0.25) is 0 Å². The van der Waals surface area contributed by atoms with Crippen molar-refractivity contribution in [2.45, 2.75) is 6.92 Å². The number of benzene rings is 1. The Morgan fingerprint density at radius 1 is 1.13 bits per heavy atom. The Morgan fingerprint density at radius 3 is 2.60 bits per heavy atom. The quantitative estimate of drug-likeness (QED) is 0.888.